The molecule has 5 nitrogen and oxygen atoms in total. The van der Waals surface area contributed by atoms with E-state index in [0.717, 1.165) is 38.9 Å². The van der Waals surface area contributed by atoms with E-state index in [-0.39, 0.29) is 11.6 Å². The predicted octanol–water partition coefficient (Wildman–Crippen LogP) is 3.31. The van der Waals surface area contributed by atoms with E-state index < -0.39 is 0 Å². The summed E-state index contributed by atoms with van der Waals surface area (Å²) < 4.78 is 2.29. The van der Waals surface area contributed by atoms with Gasteiger partial charge < -0.3 is 20.1 Å². The van der Waals surface area contributed by atoms with Gasteiger partial charge in [-0.05, 0) is 43.5 Å². The van der Waals surface area contributed by atoms with Gasteiger partial charge in [-0.15, -0.1) is 0 Å². The lowest BCUT2D eigenvalue weighted by molar-refractivity contribution is 0.163. The smallest absolute Gasteiger partial charge is 0.317 e. The Kier molecular flexibility index (Phi) is 3.71. The fourth-order valence-corrected chi connectivity index (χ4v) is 3.91. The van der Waals surface area contributed by atoms with Gasteiger partial charge >= 0.3 is 6.03 Å². The third kappa shape index (κ3) is 2.35. The lowest BCUT2D eigenvalue weighted by Gasteiger charge is -2.46. The lowest BCUT2D eigenvalue weighted by atomic mass is 9.82. The number of anilines is 1. The number of nitrogens with zero attached hydrogens (tertiary/aromatic N) is 2. The Hall–Kier alpha value is -2.43. The molecule has 4 rings (SSSR count). The quantitative estimate of drug-likeness (QED) is 0.890. The van der Waals surface area contributed by atoms with Crippen LogP contribution in [0.4, 0.5) is 10.5 Å². The number of fused-ring (bicyclic) bond motifs is 4. The topological polar surface area (TPSA) is 49.3 Å². The van der Waals surface area contributed by atoms with E-state index in [0.29, 0.717) is 0 Å². The molecule has 0 atom stereocenters. The number of urea groups is 1. The van der Waals surface area contributed by atoms with Crippen LogP contribution in [0.3, 0.4) is 0 Å². The largest absolute Gasteiger partial charge is 0.372 e. The number of para-hydroxylation sites is 2. The van der Waals surface area contributed by atoms with E-state index in [1.165, 1.54) is 17.1 Å². The van der Waals surface area contributed by atoms with Gasteiger partial charge in [-0.2, -0.15) is 0 Å². The third-order valence-electron chi connectivity index (χ3n) is 5.21. The lowest BCUT2D eigenvalue weighted by Crippen LogP contribution is -2.53. The van der Waals surface area contributed by atoms with Crippen molar-refractivity contribution in [1.29, 1.82) is 0 Å². The van der Waals surface area contributed by atoms with Gasteiger partial charge in [-0.1, -0.05) is 19.1 Å². The number of rotatable bonds is 2. The zero-order chi connectivity index (χ0) is 16.6. The minimum Gasteiger partial charge on any atom is -0.372 e. The summed E-state index contributed by atoms with van der Waals surface area (Å²) >= 11 is 0. The summed E-state index contributed by atoms with van der Waals surface area (Å²) in [4.78, 5) is 14.2. The van der Waals surface area contributed by atoms with Crippen molar-refractivity contribution < 1.29 is 4.79 Å². The molecular formula is C19H24N4O. The molecule has 24 heavy (non-hydrogen) atoms. The fraction of sp³-hybridized carbons (Fsp3) is 0.421. The first-order valence-electron chi connectivity index (χ1n) is 8.82. The molecule has 5 heteroatoms. The third-order valence-corrected chi connectivity index (χ3v) is 5.21. The Balaban J connectivity index is 1.57. The van der Waals surface area contributed by atoms with Crippen molar-refractivity contribution in [3.8, 4) is 5.69 Å². The number of likely N-dealkylation sites (tertiary alicyclic amines) is 1. The van der Waals surface area contributed by atoms with E-state index >= 15 is 0 Å². The average molecular weight is 324 g/mol. The standard InChI is InChI=1S/C19H24N4O/c1-2-11-20-18(24)22-13-9-19(10-14-22)17-8-5-12-23(17)16-7-4-3-6-15(16)21-19/h3-8,12,21H,2,9-11,13-14H2,1H3,(H,20,24). The molecule has 3 heterocycles. The maximum absolute atomic E-state index is 12.2. The van der Waals surface area contributed by atoms with Crippen LogP contribution in [0, 0.1) is 0 Å². The second-order valence-corrected chi connectivity index (χ2v) is 6.71. The van der Waals surface area contributed by atoms with Crippen LogP contribution in [0.2, 0.25) is 0 Å². The summed E-state index contributed by atoms with van der Waals surface area (Å²) in [6.45, 7) is 4.36. The second kappa shape index (κ2) is 5.89. The van der Waals surface area contributed by atoms with Crippen LogP contribution in [0.15, 0.2) is 42.6 Å². The van der Waals surface area contributed by atoms with Gasteiger partial charge in [0.15, 0.2) is 0 Å². The van der Waals surface area contributed by atoms with E-state index in [4.69, 9.17) is 0 Å². The molecule has 0 bridgehead atoms. The van der Waals surface area contributed by atoms with Gasteiger partial charge in [0.25, 0.3) is 0 Å². The van der Waals surface area contributed by atoms with Crippen LogP contribution in [0.25, 0.3) is 5.69 Å². The van der Waals surface area contributed by atoms with Gasteiger partial charge in [0.2, 0.25) is 0 Å². The molecule has 126 valence electrons. The van der Waals surface area contributed by atoms with E-state index in [1.54, 1.807) is 0 Å². The molecule has 1 spiro atoms. The minimum atomic E-state index is -0.0839. The van der Waals surface area contributed by atoms with Crippen molar-refractivity contribution in [2.45, 2.75) is 31.7 Å². The Morgan fingerprint density at radius 2 is 2.00 bits per heavy atom. The number of hydrogen-bond acceptors (Lipinski definition) is 2. The number of piperidine rings is 1. The molecule has 2 aliphatic heterocycles. The summed E-state index contributed by atoms with van der Waals surface area (Å²) in [5.41, 5.74) is 3.59. The Bertz CT molecular complexity index is 743. The molecule has 1 aromatic carbocycles. The Labute approximate surface area is 142 Å². The molecule has 2 N–H and O–H groups in total. The summed E-state index contributed by atoms with van der Waals surface area (Å²) in [7, 11) is 0. The van der Waals surface area contributed by atoms with Crippen molar-refractivity contribution >= 4 is 11.7 Å². The zero-order valence-electron chi connectivity index (χ0n) is 14.1. The molecule has 1 saturated heterocycles. The number of carbonyl (C=O) groups is 1. The molecule has 0 aliphatic carbocycles. The zero-order valence-corrected chi connectivity index (χ0v) is 14.1. The highest BCUT2D eigenvalue weighted by Gasteiger charge is 2.42. The maximum Gasteiger partial charge on any atom is 0.317 e. The molecule has 2 aromatic rings. The van der Waals surface area contributed by atoms with E-state index in [1.807, 2.05) is 4.90 Å². The number of benzene rings is 1. The van der Waals surface area contributed by atoms with Crippen LogP contribution < -0.4 is 10.6 Å². The summed E-state index contributed by atoms with van der Waals surface area (Å²) in [5.74, 6) is 0. The minimum absolute atomic E-state index is 0.0679. The van der Waals surface area contributed by atoms with E-state index in [9.17, 15) is 4.79 Å². The van der Waals surface area contributed by atoms with Gasteiger partial charge in [0.05, 0.1) is 16.9 Å². The number of aromatic nitrogens is 1. The van der Waals surface area contributed by atoms with Crippen LogP contribution in [0.5, 0.6) is 0 Å². The summed E-state index contributed by atoms with van der Waals surface area (Å²) in [6.07, 6.45) is 4.95. The molecule has 2 aliphatic rings. The van der Waals surface area contributed by atoms with Gasteiger partial charge in [0, 0.05) is 31.5 Å². The molecule has 2 amide bonds. The van der Waals surface area contributed by atoms with Crippen LogP contribution >= 0.6 is 0 Å². The molecular weight excluding hydrogens is 300 g/mol. The Morgan fingerprint density at radius 3 is 2.79 bits per heavy atom. The number of nitrogens with one attached hydrogen (secondary N) is 2. The SMILES string of the molecule is CCCNC(=O)N1CCC2(CC1)Nc1ccccc1-n1cccc12. The first-order valence-corrected chi connectivity index (χ1v) is 8.82. The van der Waals surface area contributed by atoms with Crippen molar-refractivity contribution in [2.75, 3.05) is 25.0 Å². The normalized spacial score (nSPS) is 17.8. The highest BCUT2D eigenvalue weighted by molar-refractivity contribution is 5.74. The van der Waals surface area contributed by atoms with Gasteiger partial charge in [-0.25, -0.2) is 4.79 Å². The van der Waals surface area contributed by atoms with Crippen LogP contribution in [-0.2, 0) is 5.54 Å². The highest BCUT2D eigenvalue weighted by atomic mass is 16.2. The first kappa shape index (κ1) is 15.1. The van der Waals surface area contributed by atoms with Crippen molar-refractivity contribution in [3.63, 3.8) is 0 Å². The Morgan fingerprint density at radius 1 is 1.21 bits per heavy atom. The van der Waals surface area contributed by atoms with Crippen molar-refractivity contribution in [2.24, 2.45) is 0 Å². The number of hydrogen-bond donors (Lipinski definition) is 2. The van der Waals surface area contributed by atoms with Gasteiger partial charge in [-0.3, -0.25) is 0 Å². The van der Waals surface area contributed by atoms with Crippen LogP contribution in [-0.4, -0.2) is 35.1 Å². The molecule has 0 unspecified atom stereocenters. The molecule has 0 saturated carbocycles. The molecule has 1 aromatic heterocycles. The number of amides is 2. The van der Waals surface area contributed by atoms with E-state index in [2.05, 4.69) is 64.7 Å². The molecule has 0 radical (unpaired) electrons. The van der Waals surface area contributed by atoms with Crippen molar-refractivity contribution in [1.82, 2.24) is 14.8 Å². The average Bonchev–Trinajstić information content (AvgIpc) is 3.12. The summed E-state index contributed by atoms with van der Waals surface area (Å²) in [5, 5.41) is 6.76. The fourth-order valence-electron chi connectivity index (χ4n) is 3.91. The van der Waals surface area contributed by atoms with Crippen molar-refractivity contribution in [3.05, 3.63) is 48.3 Å². The predicted molar refractivity (Wildman–Crippen MR) is 95.6 cm³/mol. The number of carbonyl (C=O) groups excluding carboxylic acids is 1. The first-order chi connectivity index (χ1) is 11.7. The summed E-state index contributed by atoms with van der Waals surface area (Å²) in [6, 6.07) is 12.8. The van der Waals surface area contributed by atoms with Crippen LogP contribution in [0.1, 0.15) is 31.9 Å². The molecule has 1 fully saturated rings. The second-order valence-electron chi connectivity index (χ2n) is 6.71. The van der Waals surface area contributed by atoms with Gasteiger partial charge in [0.1, 0.15) is 0 Å². The highest BCUT2D eigenvalue weighted by Crippen LogP contribution is 2.43. The maximum atomic E-state index is 12.2. The monoisotopic (exact) mass is 324 g/mol.